The molecule has 0 saturated carbocycles. The lowest BCUT2D eigenvalue weighted by Gasteiger charge is -2.25. The molecule has 0 aliphatic carbocycles. The predicted molar refractivity (Wildman–Crippen MR) is 123 cm³/mol. The number of hydrogen-bond donors (Lipinski definition) is 1. The summed E-state index contributed by atoms with van der Waals surface area (Å²) >= 11 is 0. The fourth-order valence-corrected chi connectivity index (χ4v) is 6.40. The van der Waals surface area contributed by atoms with Crippen molar-refractivity contribution >= 4 is 41.6 Å². The van der Waals surface area contributed by atoms with E-state index in [0.717, 1.165) is 0 Å². The average Bonchev–Trinajstić information content (AvgIpc) is 2.81. The molecule has 0 aliphatic heterocycles. The summed E-state index contributed by atoms with van der Waals surface area (Å²) in [7, 11) is -6.29. The third-order valence-electron chi connectivity index (χ3n) is 5.42. The van der Waals surface area contributed by atoms with E-state index in [1.54, 1.807) is 61.9 Å². The number of sulfonamides is 2. The van der Waals surface area contributed by atoms with Gasteiger partial charge in [-0.05, 0) is 31.2 Å². The van der Waals surface area contributed by atoms with E-state index in [1.807, 2.05) is 0 Å². The lowest BCUT2D eigenvalue weighted by molar-refractivity contribution is 0.386. The van der Waals surface area contributed by atoms with Crippen molar-refractivity contribution in [2.24, 2.45) is 0 Å². The fraction of sp³-hybridized carbons (Fsp3) is 0.182. The molecule has 0 radical (unpaired) electrons. The molecule has 0 amide bonds. The van der Waals surface area contributed by atoms with E-state index < -0.39 is 26.1 Å². The van der Waals surface area contributed by atoms with Crippen molar-refractivity contribution in [3.05, 3.63) is 73.3 Å². The molecule has 2 heterocycles. The zero-order valence-corrected chi connectivity index (χ0v) is 19.1. The van der Waals surface area contributed by atoms with Gasteiger partial charge in [0.25, 0.3) is 0 Å². The zero-order chi connectivity index (χ0) is 22.9. The van der Waals surface area contributed by atoms with Crippen LogP contribution in [0, 0.1) is 0 Å². The summed E-state index contributed by atoms with van der Waals surface area (Å²) in [6, 6.07) is 12.6. The lowest BCUT2D eigenvalue weighted by Crippen LogP contribution is -2.43. The van der Waals surface area contributed by atoms with E-state index in [9.17, 15) is 16.8 Å². The first-order chi connectivity index (χ1) is 15.2. The van der Waals surface area contributed by atoms with Gasteiger partial charge in [0.05, 0.1) is 9.79 Å². The van der Waals surface area contributed by atoms with Crippen LogP contribution in [0.2, 0.25) is 0 Å². The van der Waals surface area contributed by atoms with Gasteiger partial charge in [-0.2, -0.15) is 4.31 Å². The molecule has 2 aromatic heterocycles. The summed E-state index contributed by atoms with van der Waals surface area (Å²) in [5.41, 5.74) is 0. The molecular formula is C22H22N4O4S2. The second-order valence-electron chi connectivity index (χ2n) is 7.43. The Morgan fingerprint density at radius 3 is 1.97 bits per heavy atom. The molecule has 2 aromatic carbocycles. The van der Waals surface area contributed by atoms with E-state index in [-0.39, 0.29) is 16.3 Å². The van der Waals surface area contributed by atoms with Gasteiger partial charge >= 0.3 is 0 Å². The van der Waals surface area contributed by atoms with Crippen molar-refractivity contribution in [1.82, 2.24) is 19.0 Å². The third kappa shape index (κ3) is 4.09. The van der Waals surface area contributed by atoms with Gasteiger partial charge in [-0.1, -0.05) is 24.3 Å². The van der Waals surface area contributed by atoms with Crippen LogP contribution in [-0.2, 0) is 20.0 Å². The van der Waals surface area contributed by atoms with E-state index in [4.69, 9.17) is 0 Å². The summed E-state index contributed by atoms with van der Waals surface area (Å²) in [6.07, 6.45) is 6.27. The molecule has 0 fully saturated rings. The highest BCUT2D eigenvalue weighted by Gasteiger charge is 2.28. The Hall–Kier alpha value is -2.92. The van der Waals surface area contributed by atoms with E-state index in [0.29, 0.717) is 21.5 Å². The number of aromatic nitrogens is 2. The second-order valence-corrected chi connectivity index (χ2v) is 11.1. The van der Waals surface area contributed by atoms with Crippen LogP contribution in [0.1, 0.15) is 6.92 Å². The number of fused-ring (bicyclic) bond motifs is 2. The molecule has 0 spiro atoms. The minimum Gasteiger partial charge on any atom is -0.264 e. The van der Waals surface area contributed by atoms with Crippen LogP contribution >= 0.6 is 0 Å². The van der Waals surface area contributed by atoms with Crippen molar-refractivity contribution in [3.8, 4) is 0 Å². The monoisotopic (exact) mass is 470 g/mol. The maximum Gasteiger partial charge on any atom is 0.243 e. The van der Waals surface area contributed by atoms with Crippen LogP contribution in [0.5, 0.6) is 0 Å². The van der Waals surface area contributed by atoms with Gasteiger partial charge in [0.15, 0.2) is 0 Å². The van der Waals surface area contributed by atoms with Crippen LogP contribution in [-0.4, -0.2) is 50.7 Å². The lowest BCUT2D eigenvalue weighted by atomic mass is 10.2. The number of pyridine rings is 2. The van der Waals surface area contributed by atoms with Gasteiger partial charge in [0.2, 0.25) is 20.0 Å². The quantitative estimate of drug-likeness (QED) is 0.445. The molecule has 0 saturated heterocycles. The number of nitrogens with one attached hydrogen (secondary N) is 1. The highest BCUT2D eigenvalue weighted by molar-refractivity contribution is 7.90. The van der Waals surface area contributed by atoms with Gasteiger partial charge in [-0.25, -0.2) is 21.6 Å². The largest absolute Gasteiger partial charge is 0.264 e. The first-order valence-electron chi connectivity index (χ1n) is 9.85. The van der Waals surface area contributed by atoms with Crippen molar-refractivity contribution in [1.29, 1.82) is 0 Å². The minimum atomic E-state index is -3.87. The van der Waals surface area contributed by atoms with Crippen LogP contribution in [0.25, 0.3) is 21.5 Å². The fourth-order valence-electron chi connectivity index (χ4n) is 3.47. The number of likely N-dealkylation sites (N-methyl/N-ethyl adjacent to an activating group) is 1. The van der Waals surface area contributed by atoms with Gasteiger partial charge < -0.3 is 0 Å². The molecule has 4 aromatic rings. The zero-order valence-electron chi connectivity index (χ0n) is 17.5. The average molecular weight is 471 g/mol. The Morgan fingerprint density at radius 1 is 0.844 bits per heavy atom. The van der Waals surface area contributed by atoms with Crippen LogP contribution in [0.4, 0.5) is 0 Å². The Bertz CT molecular complexity index is 1490. The van der Waals surface area contributed by atoms with Gasteiger partial charge in [-0.15, -0.1) is 0 Å². The molecular weight excluding hydrogens is 448 g/mol. The second kappa shape index (κ2) is 8.55. The summed E-state index contributed by atoms with van der Waals surface area (Å²) in [4.78, 5) is 8.32. The number of benzene rings is 2. The molecule has 32 heavy (non-hydrogen) atoms. The minimum absolute atomic E-state index is 0.0914. The summed E-state index contributed by atoms with van der Waals surface area (Å²) in [5.74, 6) is 0. The number of rotatable bonds is 7. The van der Waals surface area contributed by atoms with Gasteiger partial charge in [0, 0.05) is 66.0 Å². The third-order valence-corrected chi connectivity index (χ3v) is 8.93. The molecule has 166 valence electrons. The summed E-state index contributed by atoms with van der Waals surface area (Å²) in [5, 5.41) is 2.52. The maximum absolute atomic E-state index is 13.3. The SMILES string of the molecule is CC(CNS(=O)(=O)c1cccc2cnccc12)N(C)S(=O)(=O)c1cccc2cnccc12. The number of nitrogens with zero attached hydrogens (tertiary/aromatic N) is 3. The summed E-state index contributed by atoms with van der Waals surface area (Å²) < 4.78 is 56.2. The molecule has 1 unspecified atom stereocenters. The van der Waals surface area contributed by atoms with Crippen LogP contribution in [0.3, 0.4) is 0 Å². The normalized spacial score (nSPS) is 13.6. The molecule has 1 N–H and O–H groups in total. The standard InChI is InChI=1S/C22H22N4O4S2/c1-16(13-25-31(27,28)21-7-3-5-17-14-23-11-9-19(17)21)26(2)32(29,30)22-8-4-6-18-15-24-12-10-20(18)22/h3-12,14-16,25H,13H2,1-2H3. The molecule has 4 rings (SSSR count). The van der Waals surface area contributed by atoms with Crippen molar-refractivity contribution in [2.75, 3.05) is 13.6 Å². The van der Waals surface area contributed by atoms with Gasteiger partial charge in [0.1, 0.15) is 0 Å². The van der Waals surface area contributed by atoms with Crippen molar-refractivity contribution < 1.29 is 16.8 Å². The van der Waals surface area contributed by atoms with E-state index >= 15 is 0 Å². The topological polar surface area (TPSA) is 109 Å². The van der Waals surface area contributed by atoms with Crippen LogP contribution < -0.4 is 4.72 Å². The maximum atomic E-state index is 13.3. The molecule has 8 nitrogen and oxygen atoms in total. The molecule has 1 atom stereocenters. The summed E-state index contributed by atoms with van der Waals surface area (Å²) in [6.45, 7) is 1.56. The molecule has 0 aliphatic rings. The van der Waals surface area contributed by atoms with E-state index in [1.165, 1.54) is 29.7 Å². The molecule has 0 bridgehead atoms. The Labute approximate surface area is 187 Å². The van der Waals surface area contributed by atoms with Crippen LogP contribution in [0.15, 0.2) is 83.1 Å². The Morgan fingerprint density at radius 2 is 1.38 bits per heavy atom. The van der Waals surface area contributed by atoms with Gasteiger partial charge in [-0.3, -0.25) is 9.97 Å². The first-order valence-corrected chi connectivity index (χ1v) is 12.8. The molecule has 10 heteroatoms. The number of hydrogen-bond acceptors (Lipinski definition) is 6. The highest BCUT2D eigenvalue weighted by Crippen LogP contribution is 2.26. The first kappa shape index (κ1) is 22.3. The highest BCUT2D eigenvalue weighted by atomic mass is 32.2. The van der Waals surface area contributed by atoms with Crippen molar-refractivity contribution in [2.45, 2.75) is 22.8 Å². The smallest absolute Gasteiger partial charge is 0.243 e. The predicted octanol–water partition coefficient (Wildman–Crippen LogP) is 2.77. The Kier molecular flexibility index (Phi) is 5.95. The van der Waals surface area contributed by atoms with Crippen molar-refractivity contribution in [3.63, 3.8) is 0 Å². The van der Waals surface area contributed by atoms with E-state index in [2.05, 4.69) is 14.7 Å². The Balaban J connectivity index is 1.57.